The van der Waals surface area contributed by atoms with Gasteiger partial charge in [0.15, 0.2) is 29.2 Å². The SMILES string of the molecule is COc1cc2c(cc1OCCCCCOc1cc3c(cc1OC)C(=O)N1CC4(CC4)C[C@H]1[C@H](O)N3C(=O)OCc1ccc(NC(=O)[C@H](C)NC(=O)[C@@H](N)C(C)C)cc1)NC[C@@H]1CC3(CC3)CN1C2O. The lowest BCUT2D eigenvalue weighted by molar-refractivity contribution is -0.127. The lowest BCUT2D eigenvalue weighted by Gasteiger charge is -2.31. The van der Waals surface area contributed by atoms with Crippen molar-refractivity contribution in [2.75, 3.05) is 62.6 Å². The van der Waals surface area contributed by atoms with Gasteiger partial charge < -0.3 is 60.5 Å². The van der Waals surface area contributed by atoms with Crippen LogP contribution in [0.15, 0.2) is 48.5 Å². The number of nitrogens with two attached hydrogens (primary N) is 1. The predicted octanol–water partition coefficient (Wildman–Crippen LogP) is 5.50. The van der Waals surface area contributed by atoms with Crippen LogP contribution < -0.4 is 45.5 Å². The number of hydrogen-bond donors (Lipinski definition) is 6. The molecule has 372 valence electrons. The van der Waals surface area contributed by atoms with Crippen molar-refractivity contribution in [3.8, 4) is 23.0 Å². The van der Waals surface area contributed by atoms with E-state index in [1.807, 2.05) is 26.0 Å². The van der Waals surface area contributed by atoms with Gasteiger partial charge in [0.2, 0.25) is 11.8 Å². The molecule has 2 aliphatic carbocycles. The number of nitrogens with one attached hydrogen (secondary N) is 3. The van der Waals surface area contributed by atoms with Crippen molar-refractivity contribution in [1.29, 1.82) is 0 Å². The molecular weight excluding hydrogens is 887 g/mol. The van der Waals surface area contributed by atoms with E-state index in [2.05, 4.69) is 20.9 Å². The van der Waals surface area contributed by atoms with Crippen LogP contribution in [0.1, 0.15) is 106 Å². The second-order valence-electron chi connectivity index (χ2n) is 20.4. The van der Waals surface area contributed by atoms with Gasteiger partial charge in [-0.1, -0.05) is 26.0 Å². The molecule has 0 aromatic heterocycles. The minimum atomic E-state index is -1.40. The fourth-order valence-electron chi connectivity index (χ4n) is 10.4. The zero-order valence-corrected chi connectivity index (χ0v) is 40.3. The third-order valence-corrected chi connectivity index (χ3v) is 15.1. The molecule has 6 atom stereocenters. The zero-order chi connectivity index (χ0) is 48.8. The van der Waals surface area contributed by atoms with E-state index in [0.717, 1.165) is 61.3 Å². The van der Waals surface area contributed by atoms with Crippen molar-refractivity contribution in [3.05, 3.63) is 65.2 Å². The van der Waals surface area contributed by atoms with Crippen LogP contribution in [-0.4, -0.2) is 121 Å². The van der Waals surface area contributed by atoms with Crippen LogP contribution in [0, 0.1) is 16.7 Å². The summed E-state index contributed by atoms with van der Waals surface area (Å²) >= 11 is 0. The molecule has 2 spiro atoms. The van der Waals surface area contributed by atoms with Crippen LogP contribution in [0.5, 0.6) is 23.0 Å². The van der Waals surface area contributed by atoms with Crippen molar-refractivity contribution >= 4 is 40.9 Å². The molecule has 4 amide bonds. The van der Waals surface area contributed by atoms with E-state index >= 15 is 0 Å². The predicted molar refractivity (Wildman–Crippen MR) is 256 cm³/mol. The number of ether oxygens (including phenoxy) is 5. The van der Waals surface area contributed by atoms with Gasteiger partial charge in [-0.3, -0.25) is 19.3 Å². The van der Waals surface area contributed by atoms with E-state index in [-0.39, 0.29) is 41.1 Å². The first-order chi connectivity index (χ1) is 33.1. The number of aliphatic hydroxyl groups is 2. The molecule has 69 heavy (non-hydrogen) atoms. The van der Waals surface area contributed by atoms with Gasteiger partial charge in [-0.15, -0.1) is 0 Å². The summed E-state index contributed by atoms with van der Waals surface area (Å²) in [5.74, 6) is 0.562. The molecule has 7 N–H and O–H groups in total. The molecule has 4 aliphatic heterocycles. The quantitative estimate of drug-likeness (QED) is 0.0920. The number of carbonyl (C=O) groups excluding carboxylic acids is 4. The molecule has 6 aliphatic rings. The third-order valence-electron chi connectivity index (χ3n) is 15.1. The van der Waals surface area contributed by atoms with E-state index in [1.54, 1.807) is 55.3 Å². The number of unbranched alkanes of at least 4 members (excludes halogenated alkanes) is 2. The molecule has 2 saturated carbocycles. The van der Waals surface area contributed by atoms with Gasteiger partial charge in [-0.2, -0.15) is 0 Å². The maximum atomic E-state index is 14.3. The first-order valence-electron chi connectivity index (χ1n) is 24.4. The number of nitrogens with zero attached hydrogens (tertiary/aromatic N) is 3. The van der Waals surface area contributed by atoms with Crippen molar-refractivity contribution in [2.24, 2.45) is 22.5 Å². The molecule has 18 nitrogen and oxygen atoms in total. The highest BCUT2D eigenvalue weighted by Gasteiger charge is 2.58. The van der Waals surface area contributed by atoms with Crippen LogP contribution in [0.25, 0.3) is 0 Å². The van der Waals surface area contributed by atoms with E-state index in [1.165, 1.54) is 20.0 Å². The number of amides is 4. The van der Waals surface area contributed by atoms with Crippen LogP contribution in [0.3, 0.4) is 0 Å². The highest BCUT2D eigenvalue weighted by atomic mass is 16.6. The van der Waals surface area contributed by atoms with Crippen LogP contribution in [0.4, 0.5) is 21.9 Å². The number of methoxy groups -OCH3 is 2. The Balaban J connectivity index is 0.820. The monoisotopic (exact) mass is 953 g/mol. The first kappa shape index (κ1) is 48.2. The number of rotatable bonds is 17. The standard InChI is InChI=1S/C51H67N7O11/c1-29(2)43(52)45(60)54-30(3)44(59)55-32-11-9-31(10-12-32)26-69-49(64)58-37-22-42(40(66-5)20-35(37)47(62)57-28-51(15-16-51)24-38(57)48(58)63)68-18-8-6-7-17-67-41-21-36-34(19-39(41)65-4)46(61)56-27-50(13-14-50)23-33(56)25-53-36/h9-12,19-22,29-30,33,38,43,46,48,53,61,63H,6-8,13-18,23-28,52H2,1-5H3,(H,54,60)(H,55,59)/t30-,33-,38-,43-,46?,48-/m0/s1. The van der Waals surface area contributed by atoms with Gasteiger partial charge in [0.1, 0.15) is 18.9 Å². The van der Waals surface area contributed by atoms with Crippen LogP contribution in [-0.2, 0) is 20.9 Å². The molecule has 3 aromatic rings. The van der Waals surface area contributed by atoms with Crippen molar-refractivity contribution < 1.29 is 53.1 Å². The third kappa shape index (κ3) is 9.98. The summed E-state index contributed by atoms with van der Waals surface area (Å²) < 4.78 is 29.8. The number of aliphatic hydroxyl groups excluding tert-OH is 2. The van der Waals surface area contributed by atoms with Crippen molar-refractivity contribution in [3.63, 3.8) is 0 Å². The van der Waals surface area contributed by atoms with E-state index in [4.69, 9.17) is 29.4 Å². The molecule has 0 radical (unpaired) electrons. The molecule has 0 bridgehead atoms. The fourth-order valence-corrected chi connectivity index (χ4v) is 10.4. The van der Waals surface area contributed by atoms with Crippen molar-refractivity contribution in [2.45, 2.75) is 122 Å². The smallest absolute Gasteiger partial charge is 0.416 e. The molecule has 4 heterocycles. The number of benzene rings is 3. The molecular formula is C51H67N7O11. The van der Waals surface area contributed by atoms with Gasteiger partial charge in [-0.25, -0.2) is 9.69 Å². The lowest BCUT2D eigenvalue weighted by Crippen LogP contribution is -2.50. The Morgan fingerprint density at radius 1 is 0.841 bits per heavy atom. The molecule has 3 aromatic carbocycles. The van der Waals surface area contributed by atoms with Gasteiger partial charge in [0.25, 0.3) is 5.91 Å². The summed E-state index contributed by atoms with van der Waals surface area (Å²) in [6.45, 7) is 7.96. The summed E-state index contributed by atoms with van der Waals surface area (Å²) in [4.78, 5) is 58.7. The summed E-state index contributed by atoms with van der Waals surface area (Å²) in [5, 5.41) is 32.4. The Hall–Kier alpha value is -5.82. The summed E-state index contributed by atoms with van der Waals surface area (Å²) in [7, 11) is 3.09. The highest BCUT2D eigenvalue weighted by molar-refractivity contribution is 6.06. The lowest BCUT2D eigenvalue weighted by atomic mass is 10.0. The molecule has 4 fully saturated rings. The summed E-state index contributed by atoms with van der Waals surface area (Å²) in [6.07, 6.45) is 5.23. The van der Waals surface area contributed by atoms with Gasteiger partial charge in [0, 0.05) is 54.7 Å². The van der Waals surface area contributed by atoms with Crippen molar-refractivity contribution in [1.82, 2.24) is 15.1 Å². The van der Waals surface area contributed by atoms with Gasteiger partial charge in [0.05, 0.1) is 50.8 Å². The maximum Gasteiger partial charge on any atom is 0.416 e. The molecule has 2 saturated heterocycles. The highest BCUT2D eigenvalue weighted by Crippen LogP contribution is 2.58. The normalized spacial score (nSPS) is 23.3. The van der Waals surface area contributed by atoms with Crippen LogP contribution >= 0.6 is 0 Å². The Morgan fingerprint density at radius 3 is 2.14 bits per heavy atom. The van der Waals surface area contributed by atoms with E-state index in [9.17, 15) is 29.4 Å². The Bertz CT molecular complexity index is 2420. The molecule has 1 unspecified atom stereocenters. The second-order valence-corrected chi connectivity index (χ2v) is 20.4. The molecule has 18 heteroatoms. The van der Waals surface area contributed by atoms with Gasteiger partial charge >= 0.3 is 6.09 Å². The second kappa shape index (κ2) is 19.5. The minimum absolute atomic E-state index is 0.0713. The number of anilines is 3. The molecule has 9 rings (SSSR count). The Morgan fingerprint density at radius 2 is 1.49 bits per heavy atom. The first-order valence-corrected chi connectivity index (χ1v) is 24.4. The van der Waals surface area contributed by atoms with Gasteiger partial charge in [-0.05, 0) is 111 Å². The zero-order valence-electron chi connectivity index (χ0n) is 40.3. The van der Waals surface area contributed by atoms with E-state index < -0.39 is 48.5 Å². The maximum absolute atomic E-state index is 14.3. The minimum Gasteiger partial charge on any atom is -0.493 e. The summed E-state index contributed by atoms with van der Waals surface area (Å²) in [5.41, 5.74) is 9.30. The average Bonchev–Trinajstić information content (AvgIpc) is 4.22. The topological polar surface area (TPSA) is 227 Å². The Kier molecular flexibility index (Phi) is 13.6. The average molecular weight is 954 g/mol. The van der Waals surface area contributed by atoms with Crippen LogP contribution in [0.2, 0.25) is 0 Å². The number of fused-ring (bicyclic) bond motifs is 4. The Labute approximate surface area is 403 Å². The van der Waals surface area contributed by atoms with E-state index in [0.29, 0.717) is 72.3 Å². The number of hydrogen-bond acceptors (Lipinski definition) is 14. The summed E-state index contributed by atoms with van der Waals surface area (Å²) in [6, 6.07) is 11.7. The fraction of sp³-hybridized carbons (Fsp3) is 0.569. The number of carbonyl (C=O) groups is 4. The largest absolute Gasteiger partial charge is 0.493 e.